The fraction of sp³-hybridized carbons (Fsp3) is 0.462. The third-order valence-corrected chi connectivity index (χ3v) is 13.3. The minimum Gasteiger partial charge on any atom is -0.497 e. The first kappa shape index (κ1) is 29.9. The second-order valence-electron chi connectivity index (χ2n) is 14.7. The Morgan fingerprint density at radius 2 is 1.87 bits per heavy atom. The highest BCUT2D eigenvalue weighted by Crippen LogP contribution is 2.65. The maximum absolute atomic E-state index is 13.9. The summed E-state index contributed by atoms with van der Waals surface area (Å²) in [5, 5.41) is 18.5. The molecule has 6 nitrogen and oxygen atoms in total. The number of aromatic nitrogens is 3. The molecule has 2 aromatic heterocycles. The Bertz CT molecular complexity index is 1830. The molecule has 46 heavy (non-hydrogen) atoms. The number of nitrogens with zero attached hydrogens (tertiary/aromatic N) is 3. The Balaban J connectivity index is 1.03. The van der Waals surface area contributed by atoms with Gasteiger partial charge in [-0.05, 0) is 122 Å². The SMILES string of the molecule is COc1ccc(-n2ncc3c2C=C2CCC4C(CC(O)CC5(C)C(C(=O)CSc6ccc7ccccc7n6)CCC45)C2(C)C3)cc1. The highest BCUT2D eigenvalue weighted by molar-refractivity contribution is 7.99. The summed E-state index contributed by atoms with van der Waals surface area (Å²) in [6.07, 6.45) is 10.7. The number of hydrogen-bond acceptors (Lipinski definition) is 6. The van der Waals surface area contributed by atoms with Gasteiger partial charge in [-0.2, -0.15) is 5.10 Å². The number of aliphatic hydroxyl groups excluding tert-OH is 1. The van der Waals surface area contributed by atoms with E-state index in [1.165, 1.54) is 16.8 Å². The summed E-state index contributed by atoms with van der Waals surface area (Å²) in [7, 11) is 1.69. The summed E-state index contributed by atoms with van der Waals surface area (Å²) >= 11 is 1.56. The lowest BCUT2D eigenvalue weighted by Crippen LogP contribution is -2.46. The first-order chi connectivity index (χ1) is 22.3. The standard InChI is InChI=1S/C39H43N3O3S/c1-38-20-25-22-40-42(27-10-12-29(45-3)13-11-27)35(25)18-26(38)9-14-30-31-15-16-32(39(31,2)21-28(43)19-33(30)38)36(44)23-46-37-17-8-24-6-4-5-7-34(24)41-37/h4-8,10-13,17-18,22,28,30-33,43H,9,14-16,19-21,23H2,1-3H3. The van der Waals surface area contributed by atoms with E-state index >= 15 is 0 Å². The Morgan fingerprint density at radius 1 is 1.04 bits per heavy atom. The fourth-order valence-corrected chi connectivity index (χ4v) is 11.0. The van der Waals surface area contributed by atoms with Gasteiger partial charge in [-0.25, -0.2) is 9.67 Å². The summed E-state index contributed by atoms with van der Waals surface area (Å²) < 4.78 is 7.43. The van der Waals surface area contributed by atoms with Gasteiger partial charge < -0.3 is 9.84 Å². The minimum absolute atomic E-state index is 0.00992. The number of ketones is 1. The van der Waals surface area contributed by atoms with E-state index in [0.717, 1.165) is 72.3 Å². The summed E-state index contributed by atoms with van der Waals surface area (Å²) in [5.41, 5.74) is 5.76. The molecular formula is C39H43N3O3S. The fourth-order valence-electron chi connectivity index (χ4n) is 10.1. The molecule has 4 aromatic rings. The lowest BCUT2D eigenvalue weighted by atomic mass is 9.52. The molecule has 4 aliphatic carbocycles. The van der Waals surface area contributed by atoms with Gasteiger partial charge in [0.2, 0.25) is 0 Å². The van der Waals surface area contributed by atoms with Crippen LogP contribution in [0.1, 0.15) is 63.6 Å². The number of allylic oxidation sites excluding steroid dienone is 1. The molecule has 0 radical (unpaired) electrons. The predicted molar refractivity (Wildman–Crippen MR) is 183 cm³/mol. The summed E-state index contributed by atoms with van der Waals surface area (Å²) in [6.45, 7) is 4.78. The van der Waals surface area contributed by atoms with Gasteiger partial charge in [-0.1, -0.05) is 55.4 Å². The Kier molecular flexibility index (Phi) is 7.41. The van der Waals surface area contributed by atoms with Crippen molar-refractivity contribution in [3.8, 4) is 11.4 Å². The van der Waals surface area contributed by atoms with Crippen LogP contribution >= 0.6 is 11.8 Å². The molecule has 0 aliphatic heterocycles. The molecule has 0 spiro atoms. The Labute approximate surface area is 275 Å². The van der Waals surface area contributed by atoms with E-state index in [-0.39, 0.29) is 16.7 Å². The highest BCUT2D eigenvalue weighted by Gasteiger charge is 2.59. The number of thioether (sulfide) groups is 1. The summed E-state index contributed by atoms with van der Waals surface area (Å²) in [5.74, 6) is 2.94. The number of benzene rings is 2. The highest BCUT2D eigenvalue weighted by atomic mass is 32.2. The van der Waals surface area contributed by atoms with Crippen molar-refractivity contribution in [2.24, 2.45) is 34.5 Å². The number of carbonyl (C=O) groups is 1. The second-order valence-corrected chi connectivity index (χ2v) is 15.7. The van der Waals surface area contributed by atoms with Crippen molar-refractivity contribution in [3.05, 3.63) is 83.7 Å². The summed E-state index contributed by atoms with van der Waals surface area (Å²) in [6, 6.07) is 20.3. The first-order valence-corrected chi connectivity index (χ1v) is 17.9. The molecule has 7 unspecified atom stereocenters. The molecular weight excluding hydrogens is 591 g/mol. The number of pyridine rings is 1. The van der Waals surface area contributed by atoms with E-state index in [9.17, 15) is 9.90 Å². The van der Waals surface area contributed by atoms with Crippen molar-refractivity contribution >= 4 is 34.5 Å². The quantitative estimate of drug-likeness (QED) is 0.217. The average molecular weight is 634 g/mol. The molecule has 3 saturated carbocycles. The van der Waals surface area contributed by atoms with Crippen molar-refractivity contribution in [1.29, 1.82) is 0 Å². The third kappa shape index (κ3) is 4.84. The van der Waals surface area contributed by atoms with E-state index in [4.69, 9.17) is 14.8 Å². The number of hydrogen-bond donors (Lipinski definition) is 1. The minimum atomic E-state index is -0.398. The second kappa shape index (κ2) is 11.4. The van der Waals surface area contributed by atoms with Crippen LogP contribution in [0.3, 0.4) is 0 Å². The van der Waals surface area contributed by atoms with Crippen LogP contribution in [0.4, 0.5) is 0 Å². The van der Waals surface area contributed by atoms with Crippen LogP contribution in [0.15, 0.2) is 77.5 Å². The molecule has 7 heteroatoms. The topological polar surface area (TPSA) is 77.2 Å². The van der Waals surface area contributed by atoms with Gasteiger partial charge in [0.05, 0.1) is 47.1 Å². The predicted octanol–water partition coefficient (Wildman–Crippen LogP) is 7.95. The molecule has 7 atom stereocenters. The largest absolute Gasteiger partial charge is 0.497 e. The number of ether oxygens (including phenoxy) is 1. The van der Waals surface area contributed by atoms with Gasteiger partial charge in [0.25, 0.3) is 0 Å². The number of para-hydroxylation sites is 1. The van der Waals surface area contributed by atoms with Crippen molar-refractivity contribution in [2.45, 2.75) is 69.9 Å². The molecule has 0 amide bonds. The maximum Gasteiger partial charge on any atom is 0.146 e. The zero-order valence-electron chi connectivity index (χ0n) is 27.0. The smallest absolute Gasteiger partial charge is 0.146 e. The van der Waals surface area contributed by atoms with Crippen LogP contribution in [0.2, 0.25) is 0 Å². The van der Waals surface area contributed by atoms with Crippen LogP contribution in [0.25, 0.3) is 22.7 Å². The van der Waals surface area contributed by atoms with Crippen LogP contribution in [0, 0.1) is 34.5 Å². The van der Waals surface area contributed by atoms with E-state index in [1.54, 1.807) is 18.9 Å². The van der Waals surface area contributed by atoms with E-state index in [2.05, 4.69) is 48.9 Å². The number of aliphatic hydroxyl groups is 1. The maximum atomic E-state index is 13.9. The van der Waals surface area contributed by atoms with E-state index < -0.39 is 6.10 Å². The number of Topliss-reactive ketones (excluding diaryl/α,β-unsaturated/α-hetero) is 1. The van der Waals surface area contributed by atoms with E-state index in [1.807, 2.05) is 42.6 Å². The Morgan fingerprint density at radius 3 is 2.70 bits per heavy atom. The van der Waals surface area contributed by atoms with Gasteiger partial charge in [-0.15, -0.1) is 0 Å². The number of rotatable bonds is 6. The normalized spacial score (nSPS) is 31.7. The lowest BCUT2D eigenvalue weighted by molar-refractivity contribution is -0.124. The van der Waals surface area contributed by atoms with Crippen LogP contribution in [-0.2, 0) is 11.2 Å². The van der Waals surface area contributed by atoms with Crippen LogP contribution in [-0.4, -0.2) is 44.6 Å². The van der Waals surface area contributed by atoms with Crippen molar-refractivity contribution in [1.82, 2.24) is 14.8 Å². The van der Waals surface area contributed by atoms with Crippen molar-refractivity contribution < 1.29 is 14.6 Å². The molecule has 2 heterocycles. The average Bonchev–Trinajstić information content (AvgIpc) is 3.59. The van der Waals surface area contributed by atoms with Gasteiger partial charge in [0.15, 0.2) is 0 Å². The molecule has 1 N–H and O–H groups in total. The zero-order chi connectivity index (χ0) is 31.6. The monoisotopic (exact) mass is 633 g/mol. The first-order valence-electron chi connectivity index (χ1n) is 16.9. The van der Waals surface area contributed by atoms with Gasteiger partial charge >= 0.3 is 0 Å². The number of fused-ring (bicyclic) bond motifs is 7. The number of carbonyl (C=O) groups excluding carboxylic acids is 1. The van der Waals surface area contributed by atoms with Crippen molar-refractivity contribution in [2.75, 3.05) is 12.9 Å². The molecule has 238 valence electrons. The molecule has 0 saturated heterocycles. The van der Waals surface area contributed by atoms with Crippen LogP contribution in [0.5, 0.6) is 5.75 Å². The molecule has 0 bridgehead atoms. The van der Waals surface area contributed by atoms with Crippen LogP contribution < -0.4 is 4.74 Å². The third-order valence-electron chi connectivity index (χ3n) is 12.3. The van der Waals surface area contributed by atoms with Gasteiger partial charge in [-0.3, -0.25) is 4.79 Å². The van der Waals surface area contributed by atoms with Crippen molar-refractivity contribution in [3.63, 3.8) is 0 Å². The van der Waals surface area contributed by atoms with Gasteiger partial charge in [0.1, 0.15) is 11.5 Å². The molecule has 3 fully saturated rings. The zero-order valence-corrected chi connectivity index (χ0v) is 27.8. The van der Waals surface area contributed by atoms with E-state index in [0.29, 0.717) is 29.3 Å². The van der Waals surface area contributed by atoms with Gasteiger partial charge in [0, 0.05) is 11.3 Å². The molecule has 4 aliphatic rings. The Hall–Kier alpha value is -3.42. The number of methoxy groups -OCH3 is 1. The summed E-state index contributed by atoms with van der Waals surface area (Å²) in [4.78, 5) is 18.7. The molecule has 8 rings (SSSR count). The molecule has 2 aromatic carbocycles. The lowest BCUT2D eigenvalue weighted by Gasteiger charge is -2.52.